The van der Waals surface area contributed by atoms with E-state index in [9.17, 15) is 4.79 Å². The zero-order chi connectivity index (χ0) is 25.5. The molecule has 6 rings (SSSR count). The number of thiophene rings is 1. The van der Waals surface area contributed by atoms with Crippen molar-refractivity contribution in [3.05, 3.63) is 105 Å². The summed E-state index contributed by atoms with van der Waals surface area (Å²) in [4.78, 5) is 19.6. The molecule has 2 aliphatic rings. The van der Waals surface area contributed by atoms with Gasteiger partial charge in [-0.3, -0.25) is 0 Å². The zero-order valence-electron chi connectivity index (χ0n) is 21.8. The summed E-state index contributed by atoms with van der Waals surface area (Å²) in [6.07, 6.45) is 6.92. The predicted molar refractivity (Wildman–Crippen MR) is 152 cm³/mol. The van der Waals surface area contributed by atoms with Crippen LogP contribution in [0.25, 0.3) is 5.00 Å². The lowest BCUT2D eigenvalue weighted by molar-refractivity contribution is 0.180. The molecule has 1 atom stereocenters. The van der Waals surface area contributed by atoms with Gasteiger partial charge in [-0.05, 0) is 73.6 Å². The number of fused-ring (bicyclic) bond motifs is 5. The van der Waals surface area contributed by atoms with Gasteiger partial charge in [0, 0.05) is 43.0 Å². The van der Waals surface area contributed by atoms with Gasteiger partial charge in [0.15, 0.2) is 0 Å². The van der Waals surface area contributed by atoms with Crippen molar-refractivity contribution in [1.29, 1.82) is 0 Å². The highest BCUT2D eigenvalue weighted by molar-refractivity contribution is 7.15. The van der Waals surface area contributed by atoms with E-state index >= 15 is 0 Å². The normalized spacial score (nSPS) is 16.4. The van der Waals surface area contributed by atoms with E-state index in [1.165, 1.54) is 39.4 Å². The van der Waals surface area contributed by atoms with E-state index in [0.29, 0.717) is 13.1 Å². The highest BCUT2D eigenvalue weighted by Gasteiger charge is 2.36. The highest BCUT2D eigenvalue weighted by atomic mass is 32.1. The molecule has 1 N–H and O–H groups in total. The van der Waals surface area contributed by atoms with Crippen molar-refractivity contribution in [1.82, 2.24) is 14.8 Å². The molecule has 37 heavy (non-hydrogen) atoms. The number of urea groups is 1. The molecule has 1 aliphatic carbocycles. The summed E-state index contributed by atoms with van der Waals surface area (Å²) < 4.78 is 2.34. The molecular formula is C31H34N4OS. The molecule has 2 aromatic heterocycles. The average molecular weight is 511 g/mol. The van der Waals surface area contributed by atoms with Gasteiger partial charge in [0.1, 0.15) is 5.00 Å². The number of rotatable bonds is 4. The Labute approximate surface area is 223 Å². The van der Waals surface area contributed by atoms with Crippen LogP contribution in [0.5, 0.6) is 0 Å². The number of carbonyl (C=O) groups is 1. The SMILES string of the molecule is Cc1ccc(CNC(=O)N2Cc3c(sc4c3CCCC4)-n3cccc3[C@@H]2c2ccc(N(C)C)cc2)cc1. The van der Waals surface area contributed by atoms with Crippen LogP contribution in [0.1, 0.15) is 57.3 Å². The molecule has 0 unspecified atom stereocenters. The van der Waals surface area contributed by atoms with Gasteiger partial charge >= 0.3 is 6.03 Å². The minimum atomic E-state index is -0.178. The van der Waals surface area contributed by atoms with Crippen LogP contribution in [0.2, 0.25) is 0 Å². The van der Waals surface area contributed by atoms with Crippen molar-refractivity contribution in [2.45, 2.75) is 51.7 Å². The van der Waals surface area contributed by atoms with Crippen LogP contribution in [0.3, 0.4) is 0 Å². The number of anilines is 1. The van der Waals surface area contributed by atoms with Crippen LogP contribution in [-0.4, -0.2) is 29.6 Å². The first-order valence-corrected chi connectivity index (χ1v) is 14.0. The van der Waals surface area contributed by atoms with Crippen LogP contribution < -0.4 is 10.2 Å². The van der Waals surface area contributed by atoms with E-state index in [-0.39, 0.29) is 12.1 Å². The Hall–Kier alpha value is -3.51. The molecule has 6 heteroatoms. The van der Waals surface area contributed by atoms with Gasteiger partial charge in [0.2, 0.25) is 0 Å². The number of hydrogen-bond donors (Lipinski definition) is 1. The van der Waals surface area contributed by atoms with E-state index in [1.54, 1.807) is 0 Å². The van der Waals surface area contributed by atoms with E-state index in [2.05, 4.69) is 108 Å². The fraction of sp³-hybridized carbons (Fsp3) is 0.323. The second kappa shape index (κ2) is 9.75. The Kier molecular flexibility index (Phi) is 6.29. The Morgan fingerprint density at radius 2 is 1.76 bits per heavy atom. The summed E-state index contributed by atoms with van der Waals surface area (Å²) >= 11 is 1.93. The lowest BCUT2D eigenvalue weighted by Crippen LogP contribution is -2.41. The first-order chi connectivity index (χ1) is 18.0. The maximum Gasteiger partial charge on any atom is 0.318 e. The van der Waals surface area contributed by atoms with Gasteiger partial charge in [-0.25, -0.2) is 4.79 Å². The third kappa shape index (κ3) is 4.44. The van der Waals surface area contributed by atoms with E-state index in [1.807, 2.05) is 11.3 Å². The summed E-state index contributed by atoms with van der Waals surface area (Å²) in [5.41, 5.74) is 8.55. The first kappa shape index (κ1) is 23.9. The maximum absolute atomic E-state index is 14.0. The number of hydrogen-bond acceptors (Lipinski definition) is 3. The average Bonchev–Trinajstić information content (AvgIpc) is 3.50. The minimum absolute atomic E-state index is 0.0291. The van der Waals surface area contributed by atoms with Crippen LogP contribution in [-0.2, 0) is 25.9 Å². The lowest BCUT2D eigenvalue weighted by atomic mass is 9.95. The van der Waals surface area contributed by atoms with Gasteiger partial charge < -0.3 is 19.7 Å². The van der Waals surface area contributed by atoms with Crippen molar-refractivity contribution in [2.75, 3.05) is 19.0 Å². The molecule has 0 spiro atoms. The fourth-order valence-electron chi connectivity index (χ4n) is 5.68. The summed E-state index contributed by atoms with van der Waals surface area (Å²) in [6.45, 7) is 3.21. The molecular weight excluding hydrogens is 476 g/mol. The number of carbonyl (C=O) groups excluding carboxylic acids is 1. The van der Waals surface area contributed by atoms with E-state index in [4.69, 9.17) is 0 Å². The van der Waals surface area contributed by atoms with Crippen LogP contribution in [0.4, 0.5) is 10.5 Å². The summed E-state index contributed by atoms with van der Waals surface area (Å²) in [7, 11) is 4.11. The number of amides is 2. The monoisotopic (exact) mass is 510 g/mol. The lowest BCUT2D eigenvalue weighted by Gasteiger charge is -2.31. The number of nitrogens with zero attached hydrogens (tertiary/aromatic N) is 3. The number of aryl methyl sites for hydroxylation is 2. The Morgan fingerprint density at radius 3 is 2.51 bits per heavy atom. The second-order valence-electron chi connectivity index (χ2n) is 10.5. The standard InChI is InChI=1S/C31H34N4OS/c1-21-10-12-22(13-11-21)19-32-31(36)35-20-26-25-7-4-5-9-28(25)37-30(26)34-18-6-8-27(34)29(35)23-14-16-24(17-15-23)33(2)3/h6,8,10-18,29H,4-5,7,9,19-20H2,1-3H3,(H,32,36)/t29-/m0/s1. The van der Waals surface area contributed by atoms with Crippen LogP contribution >= 0.6 is 11.3 Å². The van der Waals surface area contributed by atoms with E-state index in [0.717, 1.165) is 35.3 Å². The molecule has 0 bridgehead atoms. The number of nitrogens with one attached hydrogen (secondary N) is 1. The number of aromatic nitrogens is 1. The quantitative estimate of drug-likeness (QED) is 0.336. The molecule has 1 aliphatic heterocycles. The molecule has 190 valence electrons. The van der Waals surface area contributed by atoms with Gasteiger partial charge in [-0.1, -0.05) is 42.0 Å². The molecule has 3 heterocycles. The third-order valence-electron chi connectivity index (χ3n) is 7.73. The molecule has 0 saturated heterocycles. The summed E-state index contributed by atoms with van der Waals surface area (Å²) in [5, 5.41) is 4.53. The van der Waals surface area contributed by atoms with Crippen LogP contribution in [0.15, 0.2) is 66.9 Å². The van der Waals surface area contributed by atoms with Gasteiger partial charge in [0.25, 0.3) is 0 Å². The molecule has 2 aromatic carbocycles. The minimum Gasteiger partial charge on any atom is -0.378 e. The summed E-state index contributed by atoms with van der Waals surface area (Å²) in [6, 6.07) is 21.1. The highest BCUT2D eigenvalue weighted by Crippen LogP contribution is 2.44. The predicted octanol–water partition coefficient (Wildman–Crippen LogP) is 6.61. The maximum atomic E-state index is 14.0. The zero-order valence-corrected chi connectivity index (χ0v) is 22.6. The van der Waals surface area contributed by atoms with Crippen LogP contribution in [0, 0.1) is 6.92 Å². The van der Waals surface area contributed by atoms with Gasteiger partial charge in [-0.15, -0.1) is 11.3 Å². The molecule has 2 amide bonds. The Morgan fingerprint density at radius 1 is 1.00 bits per heavy atom. The molecule has 5 nitrogen and oxygen atoms in total. The Balaban J connectivity index is 1.42. The first-order valence-electron chi connectivity index (χ1n) is 13.2. The molecule has 0 saturated carbocycles. The number of benzene rings is 2. The van der Waals surface area contributed by atoms with Crippen molar-refractivity contribution in [3.63, 3.8) is 0 Å². The van der Waals surface area contributed by atoms with Crippen molar-refractivity contribution in [3.8, 4) is 5.00 Å². The smallest absolute Gasteiger partial charge is 0.318 e. The second-order valence-corrected chi connectivity index (χ2v) is 11.5. The Bertz CT molecular complexity index is 1410. The summed E-state index contributed by atoms with van der Waals surface area (Å²) in [5.74, 6) is 0. The molecule has 0 fully saturated rings. The van der Waals surface area contributed by atoms with Crippen molar-refractivity contribution < 1.29 is 4.79 Å². The molecule has 4 aromatic rings. The van der Waals surface area contributed by atoms with Gasteiger partial charge in [0.05, 0.1) is 18.3 Å². The largest absolute Gasteiger partial charge is 0.378 e. The third-order valence-corrected chi connectivity index (χ3v) is 9.06. The van der Waals surface area contributed by atoms with E-state index < -0.39 is 0 Å². The van der Waals surface area contributed by atoms with Crippen molar-refractivity contribution >= 4 is 23.1 Å². The van der Waals surface area contributed by atoms with Crippen molar-refractivity contribution in [2.24, 2.45) is 0 Å². The van der Waals surface area contributed by atoms with Gasteiger partial charge in [-0.2, -0.15) is 0 Å². The fourth-order valence-corrected chi connectivity index (χ4v) is 7.08. The molecule has 0 radical (unpaired) electrons. The topological polar surface area (TPSA) is 40.5 Å².